The Balaban J connectivity index is 2.38. The number of benzene rings is 1. The van der Waals surface area contributed by atoms with E-state index in [2.05, 4.69) is 0 Å². The van der Waals surface area contributed by atoms with E-state index in [-0.39, 0.29) is 11.3 Å². The van der Waals surface area contributed by atoms with Gasteiger partial charge in [0.05, 0.1) is 11.8 Å². The van der Waals surface area contributed by atoms with Crippen LogP contribution in [-0.2, 0) is 6.18 Å². The van der Waals surface area contributed by atoms with Crippen LogP contribution in [0.3, 0.4) is 0 Å². The fraction of sp³-hybridized carbons (Fsp3) is 0.0833. The van der Waals surface area contributed by atoms with Crippen LogP contribution in [0.4, 0.5) is 13.2 Å². The summed E-state index contributed by atoms with van der Waals surface area (Å²) in [6.45, 7) is 0. The van der Waals surface area contributed by atoms with Gasteiger partial charge in [-0.05, 0) is 24.3 Å². The Morgan fingerprint density at radius 1 is 1.12 bits per heavy atom. The van der Waals surface area contributed by atoms with Gasteiger partial charge in [-0.25, -0.2) is 0 Å². The molecule has 1 aromatic carbocycles. The van der Waals surface area contributed by atoms with Gasteiger partial charge in [-0.1, -0.05) is 12.1 Å². The van der Waals surface area contributed by atoms with Crippen LogP contribution in [0.1, 0.15) is 21.7 Å². The first-order chi connectivity index (χ1) is 7.98. The third-order valence-electron chi connectivity index (χ3n) is 2.20. The molecular weight excluding hydrogens is 233 g/mol. The molecule has 0 fully saturated rings. The molecule has 0 radical (unpaired) electrons. The summed E-state index contributed by atoms with van der Waals surface area (Å²) in [6, 6.07) is 7.15. The summed E-state index contributed by atoms with van der Waals surface area (Å²) in [4.78, 5) is 11.7. The number of furan rings is 1. The highest BCUT2D eigenvalue weighted by atomic mass is 19.4. The second kappa shape index (κ2) is 4.08. The number of rotatable bonds is 2. The van der Waals surface area contributed by atoms with E-state index >= 15 is 0 Å². The lowest BCUT2D eigenvalue weighted by Gasteiger charge is -2.07. The van der Waals surface area contributed by atoms with Gasteiger partial charge >= 0.3 is 6.18 Å². The van der Waals surface area contributed by atoms with E-state index < -0.39 is 17.5 Å². The van der Waals surface area contributed by atoms with Crippen molar-refractivity contribution in [3.63, 3.8) is 0 Å². The van der Waals surface area contributed by atoms with Crippen molar-refractivity contribution in [2.75, 3.05) is 0 Å². The monoisotopic (exact) mass is 240 g/mol. The van der Waals surface area contributed by atoms with Crippen molar-refractivity contribution in [2.24, 2.45) is 0 Å². The molecule has 88 valence electrons. The molecule has 1 heterocycles. The largest absolute Gasteiger partial charge is 0.461 e. The first-order valence-corrected chi connectivity index (χ1v) is 4.74. The minimum atomic E-state index is -4.46. The minimum Gasteiger partial charge on any atom is -0.461 e. The van der Waals surface area contributed by atoms with Crippen LogP contribution in [0, 0.1) is 0 Å². The van der Waals surface area contributed by atoms with Crippen LogP contribution in [0.2, 0.25) is 0 Å². The summed E-state index contributed by atoms with van der Waals surface area (Å²) in [5, 5.41) is 0. The fourth-order valence-corrected chi connectivity index (χ4v) is 1.39. The third kappa shape index (κ3) is 2.38. The van der Waals surface area contributed by atoms with Gasteiger partial charge in [0.15, 0.2) is 5.76 Å². The lowest BCUT2D eigenvalue weighted by atomic mass is 10.1. The number of carbonyl (C=O) groups excluding carboxylic acids is 1. The van der Waals surface area contributed by atoms with Crippen molar-refractivity contribution in [1.29, 1.82) is 0 Å². The molecule has 17 heavy (non-hydrogen) atoms. The van der Waals surface area contributed by atoms with Crippen LogP contribution in [0.25, 0.3) is 0 Å². The zero-order valence-electron chi connectivity index (χ0n) is 8.49. The topological polar surface area (TPSA) is 30.2 Å². The molecule has 0 spiro atoms. The van der Waals surface area contributed by atoms with E-state index in [9.17, 15) is 18.0 Å². The Kier molecular flexibility index (Phi) is 2.75. The Hall–Kier alpha value is -2.04. The molecule has 0 saturated carbocycles. The quantitative estimate of drug-likeness (QED) is 0.751. The van der Waals surface area contributed by atoms with E-state index in [4.69, 9.17) is 4.42 Å². The normalized spacial score (nSPS) is 11.5. The Labute approximate surface area is 94.7 Å². The molecule has 0 aliphatic rings. The van der Waals surface area contributed by atoms with Crippen molar-refractivity contribution in [3.05, 3.63) is 59.5 Å². The summed E-state index contributed by atoms with van der Waals surface area (Å²) < 4.78 is 42.2. The molecule has 0 aliphatic heterocycles. The Bertz CT molecular complexity index is 527. The van der Waals surface area contributed by atoms with E-state index in [0.717, 1.165) is 12.1 Å². The molecule has 2 aromatic rings. The maximum absolute atomic E-state index is 12.4. The van der Waals surface area contributed by atoms with Crippen molar-refractivity contribution < 1.29 is 22.4 Å². The summed E-state index contributed by atoms with van der Waals surface area (Å²) >= 11 is 0. The summed E-state index contributed by atoms with van der Waals surface area (Å²) in [6.07, 6.45) is -3.17. The van der Waals surface area contributed by atoms with Crippen molar-refractivity contribution >= 4 is 5.78 Å². The fourth-order valence-electron chi connectivity index (χ4n) is 1.39. The van der Waals surface area contributed by atoms with Crippen molar-refractivity contribution in [3.8, 4) is 0 Å². The molecule has 0 aliphatic carbocycles. The molecule has 0 unspecified atom stereocenters. The molecule has 0 N–H and O–H groups in total. The maximum Gasteiger partial charge on any atom is 0.416 e. The van der Waals surface area contributed by atoms with Crippen LogP contribution in [0.15, 0.2) is 47.1 Å². The predicted molar refractivity (Wildman–Crippen MR) is 53.6 cm³/mol. The molecule has 1 aromatic heterocycles. The summed E-state index contributed by atoms with van der Waals surface area (Å²) in [5.41, 5.74) is -0.898. The lowest BCUT2D eigenvalue weighted by molar-refractivity contribution is -0.137. The minimum absolute atomic E-state index is 0.0179. The molecule has 5 heteroatoms. The number of carbonyl (C=O) groups is 1. The Morgan fingerprint density at radius 3 is 2.47 bits per heavy atom. The van der Waals surface area contributed by atoms with Crippen molar-refractivity contribution in [2.45, 2.75) is 6.18 Å². The molecule has 0 atom stereocenters. The van der Waals surface area contributed by atoms with Crippen molar-refractivity contribution in [1.82, 2.24) is 0 Å². The molecule has 2 nitrogen and oxygen atoms in total. The van der Waals surface area contributed by atoms with Gasteiger partial charge in [0.1, 0.15) is 0 Å². The number of hydrogen-bond donors (Lipinski definition) is 0. The van der Waals surface area contributed by atoms with E-state index in [0.29, 0.717) is 0 Å². The number of hydrogen-bond acceptors (Lipinski definition) is 2. The number of ketones is 1. The van der Waals surface area contributed by atoms with E-state index in [1.807, 2.05) is 0 Å². The van der Waals surface area contributed by atoms with Crippen LogP contribution < -0.4 is 0 Å². The zero-order valence-corrected chi connectivity index (χ0v) is 8.49. The molecule has 2 rings (SSSR count). The van der Waals surface area contributed by atoms with Gasteiger partial charge < -0.3 is 4.42 Å². The lowest BCUT2D eigenvalue weighted by Crippen LogP contribution is -2.07. The average Bonchev–Trinajstić information content (AvgIpc) is 2.80. The molecule has 0 amide bonds. The molecule has 0 saturated heterocycles. The van der Waals surface area contributed by atoms with Crippen LogP contribution in [-0.4, -0.2) is 5.78 Å². The van der Waals surface area contributed by atoms with Gasteiger partial charge in [0.25, 0.3) is 0 Å². The predicted octanol–water partition coefficient (Wildman–Crippen LogP) is 3.53. The SMILES string of the molecule is O=C(c1cccc(C(F)(F)F)c1)c1ccco1. The highest BCUT2D eigenvalue weighted by Gasteiger charge is 2.31. The van der Waals surface area contributed by atoms with Crippen LogP contribution >= 0.6 is 0 Å². The van der Waals surface area contributed by atoms with Gasteiger partial charge in [-0.15, -0.1) is 0 Å². The van der Waals surface area contributed by atoms with E-state index in [1.54, 1.807) is 0 Å². The van der Waals surface area contributed by atoms with Gasteiger partial charge in [-0.2, -0.15) is 13.2 Å². The Morgan fingerprint density at radius 2 is 1.88 bits per heavy atom. The van der Waals surface area contributed by atoms with Gasteiger partial charge in [0, 0.05) is 5.56 Å². The smallest absolute Gasteiger partial charge is 0.416 e. The first-order valence-electron chi connectivity index (χ1n) is 4.74. The van der Waals surface area contributed by atoms with Crippen LogP contribution in [0.5, 0.6) is 0 Å². The third-order valence-corrected chi connectivity index (χ3v) is 2.20. The maximum atomic E-state index is 12.4. The standard InChI is InChI=1S/C12H7F3O2/c13-12(14,15)9-4-1-3-8(7-9)11(16)10-5-2-6-17-10/h1-7H. The molecule has 0 bridgehead atoms. The van der Waals surface area contributed by atoms with Gasteiger partial charge in [-0.3, -0.25) is 4.79 Å². The highest BCUT2D eigenvalue weighted by molar-refractivity contribution is 6.07. The second-order valence-electron chi connectivity index (χ2n) is 3.38. The summed E-state index contributed by atoms with van der Waals surface area (Å²) in [7, 11) is 0. The number of halogens is 3. The first kappa shape index (κ1) is 11.4. The summed E-state index contributed by atoms with van der Waals surface area (Å²) in [5.74, 6) is -0.551. The zero-order chi connectivity index (χ0) is 12.5. The second-order valence-corrected chi connectivity index (χ2v) is 3.38. The average molecular weight is 240 g/mol. The highest BCUT2D eigenvalue weighted by Crippen LogP contribution is 2.29. The van der Waals surface area contributed by atoms with Gasteiger partial charge in [0.2, 0.25) is 5.78 Å². The molecular formula is C12H7F3O2. The van der Waals surface area contributed by atoms with E-state index in [1.165, 1.54) is 30.5 Å². The number of alkyl halides is 3.